The molecular formula is C19H20F3N5O. The van der Waals surface area contributed by atoms with Crippen molar-refractivity contribution in [2.45, 2.75) is 38.5 Å². The lowest BCUT2D eigenvalue weighted by molar-refractivity contribution is -0.137. The zero-order valence-electron chi connectivity index (χ0n) is 15.5. The first-order chi connectivity index (χ1) is 13.2. The van der Waals surface area contributed by atoms with Crippen molar-refractivity contribution in [2.24, 2.45) is 0 Å². The quantitative estimate of drug-likeness (QED) is 0.727. The van der Waals surface area contributed by atoms with Crippen LogP contribution in [-0.2, 0) is 11.8 Å². The number of nitrogens with zero attached hydrogens (tertiary/aromatic N) is 5. The van der Waals surface area contributed by atoms with Gasteiger partial charge in [-0.3, -0.25) is 0 Å². The van der Waals surface area contributed by atoms with Crippen LogP contribution in [0.2, 0.25) is 0 Å². The summed E-state index contributed by atoms with van der Waals surface area (Å²) in [7, 11) is 0. The minimum absolute atomic E-state index is 0.303. The number of hydrogen-bond donors (Lipinski definition) is 1. The molecule has 3 aromatic rings. The second kappa shape index (κ2) is 6.44. The Morgan fingerprint density at radius 3 is 2.54 bits per heavy atom. The Labute approximate surface area is 159 Å². The van der Waals surface area contributed by atoms with E-state index in [9.17, 15) is 18.3 Å². The Morgan fingerprint density at radius 1 is 1.14 bits per heavy atom. The van der Waals surface area contributed by atoms with E-state index in [0.717, 1.165) is 29.1 Å². The smallest absolute Gasteiger partial charge is 0.385 e. The van der Waals surface area contributed by atoms with Crippen LogP contribution in [0.1, 0.15) is 35.2 Å². The molecule has 1 saturated heterocycles. The molecule has 9 heteroatoms. The molecule has 0 spiro atoms. The van der Waals surface area contributed by atoms with E-state index in [-0.39, 0.29) is 0 Å². The Morgan fingerprint density at radius 2 is 1.86 bits per heavy atom. The van der Waals surface area contributed by atoms with Crippen LogP contribution >= 0.6 is 0 Å². The first kappa shape index (κ1) is 18.7. The number of halogens is 3. The third-order valence-electron chi connectivity index (χ3n) is 5.53. The number of benzene rings is 1. The lowest BCUT2D eigenvalue weighted by atomic mass is 9.83. The van der Waals surface area contributed by atoms with Crippen molar-refractivity contribution < 1.29 is 18.3 Å². The minimum atomic E-state index is -4.43. The van der Waals surface area contributed by atoms with E-state index in [4.69, 9.17) is 0 Å². The molecule has 4 rings (SSSR count). The van der Waals surface area contributed by atoms with Gasteiger partial charge in [-0.25, -0.2) is 0 Å². The van der Waals surface area contributed by atoms with E-state index in [1.807, 2.05) is 13.8 Å². The molecule has 148 valence electrons. The topological polar surface area (TPSA) is 66.5 Å². The number of fused-ring (bicyclic) bond motifs is 1. The van der Waals surface area contributed by atoms with Crippen molar-refractivity contribution in [3.63, 3.8) is 0 Å². The van der Waals surface area contributed by atoms with Crippen molar-refractivity contribution in [3.05, 3.63) is 53.0 Å². The Balaban J connectivity index is 1.62. The molecule has 6 nitrogen and oxygen atoms in total. The lowest BCUT2D eigenvalue weighted by Gasteiger charge is -2.40. The van der Waals surface area contributed by atoms with Crippen LogP contribution in [0.5, 0.6) is 0 Å². The first-order valence-electron chi connectivity index (χ1n) is 9.01. The highest BCUT2D eigenvalue weighted by molar-refractivity contribution is 5.72. The number of hydrogen-bond acceptors (Lipinski definition) is 5. The summed E-state index contributed by atoms with van der Waals surface area (Å²) in [6.45, 7) is 4.83. The van der Waals surface area contributed by atoms with E-state index in [2.05, 4.69) is 20.2 Å². The van der Waals surface area contributed by atoms with Crippen LogP contribution < -0.4 is 4.90 Å². The zero-order valence-corrected chi connectivity index (χ0v) is 15.5. The molecule has 28 heavy (non-hydrogen) atoms. The van der Waals surface area contributed by atoms with Gasteiger partial charge in [-0.2, -0.15) is 22.8 Å². The number of rotatable bonds is 2. The van der Waals surface area contributed by atoms with E-state index in [0.29, 0.717) is 37.1 Å². The molecule has 1 aliphatic rings. The fourth-order valence-corrected chi connectivity index (χ4v) is 3.79. The molecule has 0 aliphatic carbocycles. The average Bonchev–Trinajstić information content (AvgIpc) is 3.11. The standard InChI is InChI=1S/C19H20F3N5O/c1-12-13(2)25-27-11-23-24-17(27)16(12)26-8-6-18(28,7-9-26)14-4-3-5-15(10-14)19(20,21)22/h3-5,10-11,28H,6-9H2,1-2H3. The Hall–Kier alpha value is -2.68. The van der Waals surface area contributed by atoms with Crippen molar-refractivity contribution in [1.82, 2.24) is 19.8 Å². The summed E-state index contributed by atoms with van der Waals surface area (Å²) in [5, 5.41) is 23.5. The fraction of sp³-hybridized carbons (Fsp3) is 0.421. The van der Waals surface area contributed by atoms with Gasteiger partial charge in [0, 0.05) is 13.1 Å². The van der Waals surface area contributed by atoms with E-state index < -0.39 is 17.3 Å². The van der Waals surface area contributed by atoms with Crippen LogP contribution in [-0.4, -0.2) is 38.0 Å². The Kier molecular flexibility index (Phi) is 4.29. The van der Waals surface area contributed by atoms with Crippen LogP contribution in [0.4, 0.5) is 18.9 Å². The number of piperidine rings is 1. The van der Waals surface area contributed by atoms with Gasteiger partial charge in [0.25, 0.3) is 0 Å². The largest absolute Gasteiger partial charge is 0.416 e. The fourth-order valence-electron chi connectivity index (χ4n) is 3.79. The molecule has 0 radical (unpaired) electrons. The molecule has 1 fully saturated rings. The summed E-state index contributed by atoms with van der Waals surface area (Å²) in [5.74, 6) is 0. The maximum atomic E-state index is 13.0. The number of aryl methyl sites for hydroxylation is 1. The van der Waals surface area contributed by atoms with Gasteiger partial charge in [-0.15, -0.1) is 10.2 Å². The number of anilines is 1. The lowest BCUT2D eigenvalue weighted by Crippen LogP contribution is -2.43. The molecule has 1 aliphatic heterocycles. The van der Waals surface area contributed by atoms with E-state index in [1.54, 1.807) is 10.6 Å². The van der Waals surface area contributed by atoms with Crippen LogP contribution in [0.15, 0.2) is 30.6 Å². The number of aromatic nitrogens is 4. The predicted molar refractivity (Wildman–Crippen MR) is 97.0 cm³/mol. The van der Waals surface area contributed by atoms with Crippen LogP contribution in [0.3, 0.4) is 0 Å². The molecule has 2 aromatic heterocycles. The minimum Gasteiger partial charge on any atom is -0.385 e. The second-order valence-electron chi connectivity index (χ2n) is 7.26. The molecule has 1 aromatic carbocycles. The molecule has 0 bridgehead atoms. The highest BCUT2D eigenvalue weighted by Crippen LogP contribution is 2.39. The second-order valence-corrected chi connectivity index (χ2v) is 7.26. The van der Waals surface area contributed by atoms with Gasteiger partial charge in [0.2, 0.25) is 5.65 Å². The monoisotopic (exact) mass is 391 g/mol. The average molecular weight is 391 g/mol. The van der Waals surface area contributed by atoms with Crippen molar-refractivity contribution in [2.75, 3.05) is 18.0 Å². The molecule has 1 N–H and O–H groups in total. The van der Waals surface area contributed by atoms with E-state index >= 15 is 0 Å². The SMILES string of the molecule is Cc1nn2cnnc2c(N2CCC(O)(c3cccc(C(F)(F)F)c3)CC2)c1C. The third-order valence-corrected chi connectivity index (χ3v) is 5.53. The summed E-state index contributed by atoms with van der Waals surface area (Å²) < 4.78 is 40.7. The van der Waals surface area contributed by atoms with Gasteiger partial charge < -0.3 is 10.0 Å². The summed E-state index contributed by atoms with van der Waals surface area (Å²) >= 11 is 0. The number of aliphatic hydroxyl groups is 1. The van der Waals surface area contributed by atoms with Crippen molar-refractivity contribution in [1.29, 1.82) is 0 Å². The van der Waals surface area contributed by atoms with Gasteiger partial charge in [-0.1, -0.05) is 12.1 Å². The molecule has 3 heterocycles. The summed E-state index contributed by atoms with van der Waals surface area (Å²) in [6.07, 6.45) is -2.27. The van der Waals surface area contributed by atoms with Crippen LogP contribution in [0.25, 0.3) is 5.65 Å². The zero-order chi connectivity index (χ0) is 20.1. The molecule has 0 unspecified atom stereocenters. The van der Waals surface area contributed by atoms with Gasteiger partial charge in [0.05, 0.1) is 22.5 Å². The van der Waals surface area contributed by atoms with Gasteiger partial charge in [-0.05, 0) is 49.9 Å². The van der Waals surface area contributed by atoms with Gasteiger partial charge >= 0.3 is 6.18 Å². The highest BCUT2D eigenvalue weighted by atomic mass is 19.4. The van der Waals surface area contributed by atoms with Gasteiger partial charge in [0.15, 0.2) is 0 Å². The maximum Gasteiger partial charge on any atom is 0.416 e. The molecular weight excluding hydrogens is 371 g/mol. The third kappa shape index (κ3) is 3.09. The summed E-state index contributed by atoms with van der Waals surface area (Å²) in [6, 6.07) is 4.98. The summed E-state index contributed by atoms with van der Waals surface area (Å²) in [5.41, 5.74) is 1.62. The first-order valence-corrected chi connectivity index (χ1v) is 9.01. The summed E-state index contributed by atoms with van der Waals surface area (Å²) in [4.78, 5) is 2.09. The molecule has 0 atom stereocenters. The normalized spacial score (nSPS) is 17.3. The van der Waals surface area contributed by atoms with E-state index in [1.165, 1.54) is 12.4 Å². The molecule has 0 amide bonds. The van der Waals surface area contributed by atoms with Crippen molar-refractivity contribution in [3.8, 4) is 0 Å². The predicted octanol–water partition coefficient (Wildman–Crippen LogP) is 3.25. The van der Waals surface area contributed by atoms with Gasteiger partial charge in [0.1, 0.15) is 6.33 Å². The maximum absolute atomic E-state index is 13.0. The van der Waals surface area contributed by atoms with Crippen LogP contribution in [0, 0.1) is 13.8 Å². The number of alkyl halides is 3. The van der Waals surface area contributed by atoms with Crippen molar-refractivity contribution >= 4 is 11.3 Å². The highest BCUT2D eigenvalue weighted by Gasteiger charge is 2.37. The Bertz CT molecular complexity index is 1020. The molecule has 0 saturated carbocycles.